The third-order valence-electron chi connectivity index (χ3n) is 6.00. The molecule has 5 rings (SSSR count). The number of ether oxygens (including phenoxy) is 1. The molecule has 0 fully saturated rings. The van der Waals surface area contributed by atoms with E-state index in [0.29, 0.717) is 28.7 Å². The predicted molar refractivity (Wildman–Crippen MR) is 144 cm³/mol. The highest BCUT2D eigenvalue weighted by Crippen LogP contribution is 2.24. The number of rotatable bonds is 6. The number of aryl methyl sites for hydroxylation is 2. The molecule has 192 valence electrons. The van der Waals surface area contributed by atoms with Crippen LogP contribution >= 0.6 is 0 Å². The molecule has 0 aliphatic rings. The maximum atomic E-state index is 13.3. The standard InChI is InChI=1S/C28H26N6O4/c1-17(2)32-16-23(27(36)33(28(32)37)21-9-5-18(3)6-10-21)26(35)31-20-7-11-22(12-8-20)38-25-15-19(4)30-24-13-14-29-34(24)25/h5-17H,1-4H3,(H,31,35). The normalized spacial score (nSPS) is 11.2. The summed E-state index contributed by atoms with van der Waals surface area (Å²) in [4.78, 5) is 44.0. The van der Waals surface area contributed by atoms with Crippen molar-refractivity contribution < 1.29 is 9.53 Å². The van der Waals surface area contributed by atoms with E-state index in [-0.39, 0.29) is 11.6 Å². The van der Waals surface area contributed by atoms with Gasteiger partial charge in [0, 0.05) is 35.8 Å². The van der Waals surface area contributed by atoms with E-state index < -0.39 is 17.2 Å². The number of amides is 1. The van der Waals surface area contributed by atoms with Gasteiger partial charge in [-0.1, -0.05) is 17.7 Å². The Kier molecular flexibility index (Phi) is 6.38. The topological polar surface area (TPSA) is 113 Å². The van der Waals surface area contributed by atoms with Crippen LogP contribution in [-0.4, -0.2) is 29.6 Å². The van der Waals surface area contributed by atoms with Gasteiger partial charge in [0.2, 0.25) is 5.88 Å². The fourth-order valence-electron chi connectivity index (χ4n) is 4.02. The summed E-state index contributed by atoms with van der Waals surface area (Å²) in [5, 5.41) is 6.98. The van der Waals surface area contributed by atoms with E-state index in [1.54, 1.807) is 59.2 Å². The van der Waals surface area contributed by atoms with Gasteiger partial charge in [0.1, 0.15) is 11.3 Å². The molecule has 0 aliphatic heterocycles. The van der Waals surface area contributed by atoms with E-state index in [4.69, 9.17) is 4.74 Å². The van der Waals surface area contributed by atoms with Crippen LogP contribution in [0.15, 0.2) is 82.6 Å². The highest BCUT2D eigenvalue weighted by Gasteiger charge is 2.20. The first-order valence-electron chi connectivity index (χ1n) is 12.1. The Morgan fingerprint density at radius 3 is 2.37 bits per heavy atom. The van der Waals surface area contributed by atoms with Gasteiger partial charge >= 0.3 is 5.69 Å². The average Bonchev–Trinajstić information content (AvgIpc) is 3.35. The molecule has 0 bridgehead atoms. The van der Waals surface area contributed by atoms with E-state index >= 15 is 0 Å². The van der Waals surface area contributed by atoms with Crippen LogP contribution in [0.4, 0.5) is 5.69 Å². The number of hydrogen-bond donors (Lipinski definition) is 1. The lowest BCUT2D eigenvalue weighted by Gasteiger charge is -2.16. The van der Waals surface area contributed by atoms with Crippen molar-refractivity contribution in [2.45, 2.75) is 33.7 Å². The molecule has 0 radical (unpaired) electrons. The first-order chi connectivity index (χ1) is 18.2. The van der Waals surface area contributed by atoms with E-state index in [9.17, 15) is 14.4 Å². The summed E-state index contributed by atoms with van der Waals surface area (Å²) in [7, 11) is 0. The van der Waals surface area contributed by atoms with E-state index in [2.05, 4.69) is 15.4 Å². The van der Waals surface area contributed by atoms with Crippen molar-refractivity contribution in [3.63, 3.8) is 0 Å². The van der Waals surface area contributed by atoms with Crippen LogP contribution in [-0.2, 0) is 0 Å². The quantitative estimate of drug-likeness (QED) is 0.365. The van der Waals surface area contributed by atoms with Crippen molar-refractivity contribution in [3.8, 4) is 17.3 Å². The third kappa shape index (κ3) is 4.71. The van der Waals surface area contributed by atoms with Crippen molar-refractivity contribution in [1.82, 2.24) is 23.7 Å². The lowest BCUT2D eigenvalue weighted by Crippen LogP contribution is -2.42. The molecular weight excluding hydrogens is 484 g/mol. The molecule has 1 amide bonds. The molecule has 3 aromatic heterocycles. The molecule has 10 nitrogen and oxygen atoms in total. The van der Waals surface area contributed by atoms with E-state index in [1.165, 1.54) is 10.8 Å². The molecule has 5 aromatic rings. The minimum Gasteiger partial charge on any atom is -0.439 e. The summed E-state index contributed by atoms with van der Waals surface area (Å²) >= 11 is 0. The number of nitrogens with zero attached hydrogens (tertiary/aromatic N) is 5. The van der Waals surface area contributed by atoms with Crippen molar-refractivity contribution >= 4 is 17.2 Å². The van der Waals surface area contributed by atoms with Crippen LogP contribution in [0.1, 0.15) is 41.5 Å². The van der Waals surface area contributed by atoms with Gasteiger partial charge in [0.05, 0.1) is 11.9 Å². The van der Waals surface area contributed by atoms with Crippen LogP contribution < -0.4 is 21.3 Å². The van der Waals surface area contributed by atoms with E-state index in [0.717, 1.165) is 15.8 Å². The van der Waals surface area contributed by atoms with Gasteiger partial charge in [-0.25, -0.2) is 14.3 Å². The minimum absolute atomic E-state index is 0.146. The first-order valence-corrected chi connectivity index (χ1v) is 12.1. The lowest BCUT2D eigenvalue weighted by molar-refractivity contribution is 0.102. The monoisotopic (exact) mass is 510 g/mol. The fourth-order valence-corrected chi connectivity index (χ4v) is 4.02. The SMILES string of the molecule is Cc1ccc(-n2c(=O)c(C(=O)Nc3ccc(Oc4cc(C)nc5ccnn45)cc3)cn(C(C)C)c2=O)cc1. The summed E-state index contributed by atoms with van der Waals surface area (Å²) < 4.78 is 9.97. The van der Waals surface area contributed by atoms with Gasteiger partial charge in [0.25, 0.3) is 11.5 Å². The summed E-state index contributed by atoms with van der Waals surface area (Å²) in [6.45, 7) is 7.41. The number of anilines is 1. The zero-order valence-corrected chi connectivity index (χ0v) is 21.4. The number of fused-ring (bicyclic) bond motifs is 1. The molecule has 10 heteroatoms. The Hall–Kier alpha value is -4.99. The Bertz CT molecular complexity index is 1760. The smallest absolute Gasteiger partial charge is 0.335 e. The van der Waals surface area contributed by atoms with Crippen molar-refractivity contribution in [3.05, 3.63) is 111 Å². The highest BCUT2D eigenvalue weighted by atomic mass is 16.5. The lowest BCUT2D eigenvalue weighted by atomic mass is 10.2. The maximum Gasteiger partial charge on any atom is 0.335 e. The Balaban J connectivity index is 1.43. The van der Waals surface area contributed by atoms with Crippen LogP contribution in [0.3, 0.4) is 0 Å². The Morgan fingerprint density at radius 2 is 1.68 bits per heavy atom. The second-order valence-corrected chi connectivity index (χ2v) is 9.22. The molecule has 0 spiro atoms. The average molecular weight is 511 g/mol. The zero-order chi connectivity index (χ0) is 27.0. The highest BCUT2D eigenvalue weighted by molar-refractivity contribution is 6.03. The molecule has 38 heavy (non-hydrogen) atoms. The van der Waals surface area contributed by atoms with Gasteiger partial charge in [-0.2, -0.15) is 9.61 Å². The molecular formula is C28H26N6O4. The number of aromatic nitrogens is 5. The molecule has 0 unspecified atom stereocenters. The van der Waals surface area contributed by atoms with E-state index in [1.807, 2.05) is 39.8 Å². The summed E-state index contributed by atoms with van der Waals surface area (Å²) in [5.74, 6) is 0.407. The second-order valence-electron chi connectivity index (χ2n) is 9.22. The summed E-state index contributed by atoms with van der Waals surface area (Å²) in [6.07, 6.45) is 2.95. The summed E-state index contributed by atoms with van der Waals surface area (Å²) in [6, 6.07) is 17.0. The van der Waals surface area contributed by atoms with Crippen LogP contribution in [0.5, 0.6) is 11.6 Å². The molecule has 2 aromatic carbocycles. The van der Waals surface area contributed by atoms with Gasteiger partial charge in [-0.15, -0.1) is 0 Å². The molecule has 3 heterocycles. The molecule has 0 saturated heterocycles. The molecule has 0 atom stereocenters. The van der Waals surface area contributed by atoms with Gasteiger partial charge in [-0.3, -0.25) is 14.2 Å². The third-order valence-corrected chi connectivity index (χ3v) is 6.00. The number of hydrogen-bond acceptors (Lipinski definition) is 6. The number of carbonyl (C=O) groups is 1. The Morgan fingerprint density at radius 1 is 0.974 bits per heavy atom. The molecule has 0 aliphatic carbocycles. The van der Waals surface area contributed by atoms with Crippen molar-refractivity contribution in [1.29, 1.82) is 0 Å². The van der Waals surface area contributed by atoms with Gasteiger partial charge in [0.15, 0.2) is 5.65 Å². The van der Waals surface area contributed by atoms with Crippen LogP contribution in [0.2, 0.25) is 0 Å². The zero-order valence-electron chi connectivity index (χ0n) is 21.4. The second kappa shape index (κ2) is 9.81. The van der Waals surface area contributed by atoms with Crippen molar-refractivity contribution in [2.24, 2.45) is 0 Å². The first kappa shape index (κ1) is 24.7. The van der Waals surface area contributed by atoms with Gasteiger partial charge < -0.3 is 10.1 Å². The predicted octanol–water partition coefficient (Wildman–Crippen LogP) is 4.28. The van der Waals surface area contributed by atoms with Crippen LogP contribution in [0, 0.1) is 13.8 Å². The number of benzene rings is 2. The minimum atomic E-state index is -0.690. The molecule has 0 saturated carbocycles. The Labute approximate surface area is 217 Å². The largest absolute Gasteiger partial charge is 0.439 e. The van der Waals surface area contributed by atoms with Gasteiger partial charge in [-0.05, 0) is 64.1 Å². The van der Waals surface area contributed by atoms with Crippen molar-refractivity contribution in [2.75, 3.05) is 5.32 Å². The summed E-state index contributed by atoms with van der Waals surface area (Å²) in [5.41, 5.74) is 1.95. The fraction of sp³-hybridized carbons (Fsp3) is 0.179. The maximum absolute atomic E-state index is 13.3. The van der Waals surface area contributed by atoms with Crippen LogP contribution in [0.25, 0.3) is 11.3 Å². The number of carbonyl (C=O) groups excluding carboxylic acids is 1. The number of nitrogens with one attached hydrogen (secondary N) is 1. The molecule has 1 N–H and O–H groups in total.